The summed E-state index contributed by atoms with van der Waals surface area (Å²) >= 11 is 0. The molecule has 2 fully saturated rings. The maximum atomic E-state index is 12.0. The summed E-state index contributed by atoms with van der Waals surface area (Å²) < 4.78 is 5.30. The first-order valence-electron chi connectivity index (χ1n) is 6.04. The van der Waals surface area contributed by atoms with Gasteiger partial charge in [0.1, 0.15) is 0 Å². The van der Waals surface area contributed by atoms with Gasteiger partial charge < -0.3 is 9.84 Å². The highest BCUT2D eigenvalue weighted by atomic mass is 16.5. The number of carbonyl (C=O) groups excluding carboxylic acids is 2. The molecule has 2 rings (SSSR count). The number of imide groups is 1. The Morgan fingerprint density at radius 3 is 2.56 bits per heavy atom. The summed E-state index contributed by atoms with van der Waals surface area (Å²) in [6, 6.07) is 0. The van der Waals surface area contributed by atoms with E-state index >= 15 is 0 Å². The molecule has 0 bridgehead atoms. The van der Waals surface area contributed by atoms with Crippen LogP contribution in [0.5, 0.6) is 0 Å². The molecule has 2 unspecified atom stereocenters. The molecule has 2 aliphatic rings. The lowest BCUT2D eigenvalue weighted by atomic mass is 9.92. The van der Waals surface area contributed by atoms with Crippen molar-refractivity contribution in [3.05, 3.63) is 0 Å². The second kappa shape index (κ2) is 4.35. The molecule has 2 heterocycles. The third-order valence-corrected chi connectivity index (χ3v) is 3.49. The third kappa shape index (κ3) is 2.25. The van der Waals surface area contributed by atoms with Crippen LogP contribution in [0.1, 0.15) is 33.1 Å². The van der Waals surface area contributed by atoms with Crippen molar-refractivity contribution in [3.63, 3.8) is 0 Å². The quantitative estimate of drug-likeness (QED) is 0.738. The van der Waals surface area contributed by atoms with E-state index in [1.165, 1.54) is 4.90 Å². The van der Waals surface area contributed by atoms with Crippen LogP contribution < -0.4 is 0 Å². The first-order chi connectivity index (χ1) is 8.31. The van der Waals surface area contributed by atoms with Gasteiger partial charge in [-0.15, -0.1) is 0 Å². The Labute approximate surface area is 105 Å². The average molecular weight is 255 g/mol. The number of hydrogen-bond acceptors (Lipinski definition) is 4. The van der Waals surface area contributed by atoms with Crippen LogP contribution in [-0.4, -0.2) is 46.5 Å². The Morgan fingerprint density at radius 1 is 1.44 bits per heavy atom. The number of aliphatic carboxylic acids is 1. The van der Waals surface area contributed by atoms with Gasteiger partial charge in [0.25, 0.3) is 0 Å². The summed E-state index contributed by atoms with van der Waals surface area (Å²) in [5.41, 5.74) is -0.651. The number of hydrogen-bond donors (Lipinski definition) is 1. The van der Waals surface area contributed by atoms with Crippen molar-refractivity contribution in [2.24, 2.45) is 5.41 Å². The number of ether oxygens (including phenoxy) is 1. The second-order valence-corrected chi connectivity index (χ2v) is 5.53. The van der Waals surface area contributed by atoms with E-state index < -0.39 is 17.5 Å². The maximum Gasteiger partial charge on any atom is 0.332 e. The molecule has 2 saturated heterocycles. The number of amides is 2. The number of likely N-dealkylation sites (tertiary alicyclic amines) is 1. The molecule has 1 N–H and O–H groups in total. The lowest BCUT2D eigenvalue weighted by Crippen LogP contribution is -2.39. The number of nitrogens with zero attached hydrogens (tertiary/aromatic N) is 1. The van der Waals surface area contributed by atoms with Crippen LogP contribution in [0.2, 0.25) is 0 Å². The smallest absolute Gasteiger partial charge is 0.332 e. The van der Waals surface area contributed by atoms with Crippen LogP contribution in [-0.2, 0) is 19.1 Å². The summed E-state index contributed by atoms with van der Waals surface area (Å²) in [5.74, 6) is -1.39. The monoisotopic (exact) mass is 255 g/mol. The van der Waals surface area contributed by atoms with Crippen LogP contribution in [0.4, 0.5) is 0 Å². The van der Waals surface area contributed by atoms with Crippen LogP contribution in [0.25, 0.3) is 0 Å². The normalized spacial score (nSPS) is 31.1. The van der Waals surface area contributed by atoms with Gasteiger partial charge in [0.2, 0.25) is 11.8 Å². The van der Waals surface area contributed by atoms with Gasteiger partial charge in [-0.05, 0) is 12.8 Å². The fourth-order valence-electron chi connectivity index (χ4n) is 2.44. The minimum absolute atomic E-state index is 0.172. The topological polar surface area (TPSA) is 83.9 Å². The van der Waals surface area contributed by atoms with Gasteiger partial charge in [-0.1, -0.05) is 13.8 Å². The van der Waals surface area contributed by atoms with E-state index in [9.17, 15) is 14.4 Å². The Hall–Kier alpha value is -1.43. The summed E-state index contributed by atoms with van der Waals surface area (Å²) in [4.78, 5) is 35.7. The van der Waals surface area contributed by atoms with Crippen molar-refractivity contribution in [1.29, 1.82) is 0 Å². The molecule has 2 atom stereocenters. The average Bonchev–Trinajstić information content (AvgIpc) is 2.78. The highest BCUT2D eigenvalue weighted by molar-refractivity contribution is 6.05. The Kier molecular flexibility index (Phi) is 3.14. The van der Waals surface area contributed by atoms with E-state index in [4.69, 9.17) is 9.84 Å². The molecule has 0 radical (unpaired) electrons. The molecule has 0 aromatic carbocycles. The van der Waals surface area contributed by atoms with Gasteiger partial charge in [0.05, 0.1) is 18.1 Å². The summed E-state index contributed by atoms with van der Waals surface area (Å²) in [7, 11) is 0. The van der Waals surface area contributed by atoms with E-state index in [2.05, 4.69) is 0 Å². The Balaban J connectivity index is 1.97. The SMILES string of the molecule is CC1(C)CC(=O)N(CC2CCC(C(=O)O)O2)C1=O. The van der Waals surface area contributed by atoms with Crippen LogP contribution >= 0.6 is 0 Å². The first kappa shape index (κ1) is 13.0. The molecule has 100 valence electrons. The molecule has 2 aliphatic heterocycles. The standard InChI is InChI=1S/C12H17NO5/c1-12(2)5-9(14)13(11(12)17)6-7-3-4-8(18-7)10(15)16/h7-8H,3-6H2,1-2H3,(H,15,16). The molecule has 0 aromatic rings. The molecule has 0 saturated carbocycles. The fourth-order valence-corrected chi connectivity index (χ4v) is 2.44. The summed E-state index contributed by atoms with van der Waals surface area (Å²) in [6.45, 7) is 3.65. The zero-order valence-corrected chi connectivity index (χ0v) is 10.5. The Morgan fingerprint density at radius 2 is 2.11 bits per heavy atom. The molecule has 6 nitrogen and oxygen atoms in total. The predicted molar refractivity (Wildman–Crippen MR) is 60.6 cm³/mol. The van der Waals surface area contributed by atoms with Crippen molar-refractivity contribution in [1.82, 2.24) is 4.90 Å². The zero-order chi connectivity index (χ0) is 13.5. The largest absolute Gasteiger partial charge is 0.479 e. The zero-order valence-electron chi connectivity index (χ0n) is 10.5. The second-order valence-electron chi connectivity index (χ2n) is 5.53. The minimum atomic E-state index is -0.989. The number of carboxylic acid groups (broad SMARTS) is 1. The van der Waals surface area contributed by atoms with E-state index in [0.717, 1.165) is 0 Å². The van der Waals surface area contributed by atoms with Gasteiger partial charge in [0.15, 0.2) is 6.10 Å². The van der Waals surface area contributed by atoms with Crippen molar-refractivity contribution < 1.29 is 24.2 Å². The van der Waals surface area contributed by atoms with Gasteiger partial charge in [-0.3, -0.25) is 14.5 Å². The van der Waals surface area contributed by atoms with Crippen molar-refractivity contribution in [2.75, 3.05) is 6.54 Å². The van der Waals surface area contributed by atoms with Crippen LogP contribution in [0, 0.1) is 5.41 Å². The van der Waals surface area contributed by atoms with Crippen molar-refractivity contribution >= 4 is 17.8 Å². The van der Waals surface area contributed by atoms with E-state index in [1.807, 2.05) is 0 Å². The molecule has 0 aromatic heterocycles. The van der Waals surface area contributed by atoms with E-state index in [0.29, 0.717) is 12.8 Å². The summed E-state index contributed by atoms with van der Waals surface area (Å²) in [6.07, 6.45) is 0.0401. The van der Waals surface area contributed by atoms with Crippen molar-refractivity contribution in [2.45, 2.75) is 45.3 Å². The van der Waals surface area contributed by atoms with Gasteiger partial charge in [-0.2, -0.15) is 0 Å². The number of rotatable bonds is 3. The lowest BCUT2D eigenvalue weighted by molar-refractivity contribution is -0.150. The maximum absolute atomic E-state index is 12.0. The molecule has 0 aliphatic carbocycles. The van der Waals surface area contributed by atoms with Crippen LogP contribution in [0.15, 0.2) is 0 Å². The van der Waals surface area contributed by atoms with Gasteiger partial charge in [-0.25, -0.2) is 4.79 Å². The molecule has 18 heavy (non-hydrogen) atoms. The van der Waals surface area contributed by atoms with E-state index in [-0.39, 0.29) is 30.9 Å². The highest BCUT2D eigenvalue weighted by Crippen LogP contribution is 2.33. The molecular weight excluding hydrogens is 238 g/mol. The van der Waals surface area contributed by atoms with Gasteiger partial charge in [0, 0.05) is 6.42 Å². The molecule has 0 spiro atoms. The number of carbonyl (C=O) groups is 3. The van der Waals surface area contributed by atoms with Crippen molar-refractivity contribution in [3.8, 4) is 0 Å². The molecule has 2 amide bonds. The predicted octanol–water partition coefficient (Wildman–Crippen LogP) is 0.404. The van der Waals surface area contributed by atoms with Gasteiger partial charge >= 0.3 is 5.97 Å². The van der Waals surface area contributed by atoms with Crippen LogP contribution in [0.3, 0.4) is 0 Å². The first-order valence-corrected chi connectivity index (χ1v) is 6.04. The fraction of sp³-hybridized carbons (Fsp3) is 0.750. The Bertz CT molecular complexity index is 403. The lowest BCUT2D eigenvalue weighted by Gasteiger charge is -2.21. The molecular formula is C12H17NO5. The third-order valence-electron chi connectivity index (χ3n) is 3.49. The number of carboxylic acids is 1. The minimum Gasteiger partial charge on any atom is -0.479 e. The summed E-state index contributed by atoms with van der Waals surface area (Å²) in [5, 5.41) is 8.81. The highest BCUT2D eigenvalue weighted by Gasteiger charge is 2.46. The molecule has 6 heteroatoms. The van der Waals surface area contributed by atoms with E-state index in [1.54, 1.807) is 13.8 Å².